The van der Waals surface area contributed by atoms with E-state index in [0.717, 1.165) is 16.6 Å². The summed E-state index contributed by atoms with van der Waals surface area (Å²) in [6.07, 6.45) is 0. The molecular weight excluding hydrogens is 238 g/mol. The standard InChI is InChI=1S/C15H19N3O/c1-10(2)9-17-15(19)14-8-13(16-3)11-6-4-5-7-12(11)18-14/h4-8,10H,9H2,1-3H3,(H,16,18)(H,17,19). The zero-order chi connectivity index (χ0) is 13.8. The van der Waals surface area contributed by atoms with Gasteiger partial charge in [0.2, 0.25) is 0 Å². The molecule has 2 N–H and O–H groups in total. The molecule has 0 unspecified atom stereocenters. The lowest BCUT2D eigenvalue weighted by Crippen LogP contribution is -2.28. The normalized spacial score (nSPS) is 10.7. The highest BCUT2D eigenvalue weighted by molar-refractivity contribution is 5.99. The molecule has 19 heavy (non-hydrogen) atoms. The summed E-state index contributed by atoms with van der Waals surface area (Å²) in [4.78, 5) is 16.5. The Morgan fingerprint density at radius 2 is 2.05 bits per heavy atom. The highest BCUT2D eigenvalue weighted by Crippen LogP contribution is 2.22. The molecule has 0 fully saturated rings. The van der Waals surface area contributed by atoms with E-state index in [9.17, 15) is 4.79 Å². The molecule has 0 bridgehead atoms. The number of pyridine rings is 1. The minimum atomic E-state index is -0.129. The van der Waals surface area contributed by atoms with Crippen molar-refractivity contribution < 1.29 is 4.79 Å². The van der Waals surface area contributed by atoms with Crippen LogP contribution >= 0.6 is 0 Å². The third-order valence-electron chi connectivity index (χ3n) is 2.89. The van der Waals surface area contributed by atoms with Crippen LogP contribution in [0.25, 0.3) is 10.9 Å². The quantitative estimate of drug-likeness (QED) is 0.885. The van der Waals surface area contributed by atoms with Crippen LogP contribution in [0.2, 0.25) is 0 Å². The van der Waals surface area contributed by atoms with Gasteiger partial charge in [-0.05, 0) is 18.1 Å². The molecule has 0 aliphatic heterocycles. The van der Waals surface area contributed by atoms with Crippen molar-refractivity contribution in [3.05, 3.63) is 36.0 Å². The number of aromatic nitrogens is 1. The van der Waals surface area contributed by atoms with Gasteiger partial charge in [0.25, 0.3) is 5.91 Å². The zero-order valence-electron chi connectivity index (χ0n) is 11.5. The van der Waals surface area contributed by atoms with Gasteiger partial charge in [0.15, 0.2) is 0 Å². The van der Waals surface area contributed by atoms with E-state index in [4.69, 9.17) is 0 Å². The van der Waals surface area contributed by atoms with Crippen LogP contribution in [0, 0.1) is 5.92 Å². The highest BCUT2D eigenvalue weighted by Gasteiger charge is 2.11. The second-order valence-electron chi connectivity index (χ2n) is 4.93. The number of para-hydroxylation sites is 1. The number of hydrogen-bond donors (Lipinski definition) is 2. The van der Waals surface area contributed by atoms with Crippen molar-refractivity contribution in [1.29, 1.82) is 0 Å². The summed E-state index contributed by atoms with van der Waals surface area (Å²) in [6, 6.07) is 9.57. The minimum Gasteiger partial charge on any atom is -0.388 e. The van der Waals surface area contributed by atoms with Gasteiger partial charge in [-0.15, -0.1) is 0 Å². The van der Waals surface area contributed by atoms with Gasteiger partial charge < -0.3 is 10.6 Å². The Morgan fingerprint density at radius 1 is 1.32 bits per heavy atom. The lowest BCUT2D eigenvalue weighted by molar-refractivity contribution is 0.0944. The van der Waals surface area contributed by atoms with Crippen LogP contribution in [0.3, 0.4) is 0 Å². The fraction of sp³-hybridized carbons (Fsp3) is 0.333. The minimum absolute atomic E-state index is 0.129. The maximum atomic E-state index is 12.1. The number of benzene rings is 1. The number of nitrogens with zero attached hydrogens (tertiary/aromatic N) is 1. The maximum absolute atomic E-state index is 12.1. The molecular formula is C15H19N3O. The van der Waals surface area contributed by atoms with E-state index in [-0.39, 0.29) is 5.91 Å². The van der Waals surface area contributed by atoms with E-state index >= 15 is 0 Å². The molecule has 1 heterocycles. The van der Waals surface area contributed by atoms with Crippen molar-refractivity contribution in [3.63, 3.8) is 0 Å². The summed E-state index contributed by atoms with van der Waals surface area (Å²) in [5, 5.41) is 7.01. The smallest absolute Gasteiger partial charge is 0.269 e. The van der Waals surface area contributed by atoms with Crippen molar-refractivity contribution >= 4 is 22.5 Å². The van der Waals surface area contributed by atoms with Gasteiger partial charge in [-0.3, -0.25) is 4.79 Å². The van der Waals surface area contributed by atoms with E-state index in [1.54, 1.807) is 6.07 Å². The van der Waals surface area contributed by atoms with Crippen LogP contribution in [-0.4, -0.2) is 24.5 Å². The van der Waals surface area contributed by atoms with Crippen molar-refractivity contribution in [2.75, 3.05) is 18.9 Å². The van der Waals surface area contributed by atoms with E-state index < -0.39 is 0 Å². The second-order valence-corrected chi connectivity index (χ2v) is 4.93. The van der Waals surface area contributed by atoms with Gasteiger partial charge in [0, 0.05) is 24.7 Å². The molecule has 100 valence electrons. The summed E-state index contributed by atoms with van der Waals surface area (Å²) in [5.74, 6) is 0.295. The lowest BCUT2D eigenvalue weighted by Gasteiger charge is -2.10. The van der Waals surface area contributed by atoms with Gasteiger partial charge >= 0.3 is 0 Å². The molecule has 0 saturated carbocycles. The maximum Gasteiger partial charge on any atom is 0.269 e. The summed E-state index contributed by atoms with van der Waals surface area (Å²) < 4.78 is 0. The van der Waals surface area contributed by atoms with E-state index in [1.165, 1.54) is 0 Å². The fourth-order valence-electron chi connectivity index (χ4n) is 1.89. The molecule has 0 aliphatic carbocycles. The average Bonchev–Trinajstić information content (AvgIpc) is 2.43. The SMILES string of the molecule is CNc1cc(C(=O)NCC(C)C)nc2ccccc12. The first-order valence-corrected chi connectivity index (χ1v) is 6.47. The van der Waals surface area contributed by atoms with E-state index in [2.05, 4.69) is 29.5 Å². The summed E-state index contributed by atoms with van der Waals surface area (Å²) >= 11 is 0. The third kappa shape index (κ3) is 3.02. The van der Waals surface area contributed by atoms with Crippen LogP contribution in [-0.2, 0) is 0 Å². The molecule has 0 radical (unpaired) electrons. The number of anilines is 1. The van der Waals surface area contributed by atoms with Gasteiger partial charge in [0.1, 0.15) is 5.69 Å². The molecule has 2 aromatic rings. The Bertz CT molecular complexity index is 593. The average molecular weight is 257 g/mol. The Kier molecular flexibility index (Phi) is 4.00. The van der Waals surface area contributed by atoms with E-state index in [1.807, 2.05) is 31.3 Å². The Hall–Kier alpha value is -2.10. The summed E-state index contributed by atoms with van der Waals surface area (Å²) in [5.41, 5.74) is 2.19. The number of rotatable bonds is 4. The van der Waals surface area contributed by atoms with Crippen molar-refractivity contribution in [3.8, 4) is 0 Å². The monoisotopic (exact) mass is 257 g/mol. The Balaban J connectivity index is 2.36. The van der Waals surface area contributed by atoms with Crippen molar-refractivity contribution in [1.82, 2.24) is 10.3 Å². The molecule has 4 nitrogen and oxygen atoms in total. The number of carbonyl (C=O) groups is 1. The van der Waals surface area contributed by atoms with Crippen LogP contribution < -0.4 is 10.6 Å². The highest BCUT2D eigenvalue weighted by atomic mass is 16.1. The lowest BCUT2D eigenvalue weighted by atomic mass is 10.1. The molecule has 0 aliphatic rings. The largest absolute Gasteiger partial charge is 0.388 e. The molecule has 1 amide bonds. The first-order valence-electron chi connectivity index (χ1n) is 6.47. The molecule has 2 rings (SSSR count). The summed E-state index contributed by atoms with van der Waals surface area (Å²) in [7, 11) is 1.84. The predicted molar refractivity (Wildman–Crippen MR) is 78.5 cm³/mol. The number of nitrogens with one attached hydrogen (secondary N) is 2. The first kappa shape index (κ1) is 13.3. The van der Waals surface area contributed by atoms with Gasteiger partial charge in [-0.1, -0.05) is 32.0 Å². The fourth-order valence-corrected chi connectivity index (χ4v) is 1.89. The number of carbonyl (C=O) groups excluding carboxylic acids is 1. The number of hydrogen-bond acceptors (Lipinski definition) is 3. The van der Waals surface area contributed by atoms with Gasteiger partial charge in [0.05, 0.1) is 5.52 Å². The van der Waals surface area contributed by atoms with Gasteiger partial charge in [-0.2, -0.15) is 0 Å². The van der Waals surface area contributed by atoms with Crippen LogP contribution in [0.5, 0.6) is 0 Å². The molecule has 0 atom stereocenters. The molecule has 1 aromatic heterocycles. The predicted octanol–water partition coefficient (Wildman–Crippen LogP) is 2.66. The molecule has 4 heteroatoms. The zero-order valence-corrected chi connectivity index (χ0v) is 11.5. The Morgan fingerprint density at radius 3 is 2.74 bits per heavy atom. The first-order chi connectivity index (χ1) is 9.11. The number of fused-ring (bicyclic) bond motifs is 1. The third-order valence-corrected chi connectivity index (χ3v) is 2.89. The molecule has 0 saturated heterocycles. The molecule has 1 aromatic carbocycles. The van der Waals surface area contributed by atoms with Gasteiger partial charge in [-0.25, -0.2) is 4.98 Å². The van der Waals surface area contributed by atoms with Crippen LogP contribution in [0.15, 0.2) is 30.3 Å². The van der Waals surface area contributed by atoms with Crippen molar-refractivity contribution in [2.24, 2.45) is 5.92 Å². The number of amides is 1. The summed E-state index contributed by atoms with van der Waals surface area (Å²) in [6.45, 7) is 4.78. The topological polar surface area (TPSA) is 54.0 Å². The van der Waals surface area contributed by atoms with Crippen LogP contribution in [0.1, 0.15) is 24.3 Å². The second kappa shape index (κ2) is 5.69. The van der Waals surface area contributed by atoms with Crippen LogP contribution in [0.4, 0.5) is 5.69 Å². The molecule has 0 spiro atoms. The van der Waals surface area contributed by atoms with E-state index in [0.29, 0.717) is 18.2 Å². The Labute approximate surface area is 113 Å². The van der Waals surface area contributed by atoms with Crippen molar-refractivity contribution in [2.45, 2.75) is 13.8 Å².